The molecular weight excluding hydrogens is 300 g/mol. The number of nitrogens with one attached hydrogen (secondary N) is 1. The summed E-state index contributed by atoms with van der Waals surface area (Å²) in [6, 6.07) is 4.92. The first-order valence-electron chi connectivity index (χ1n) is 7.53. The minimum atomic E-state index is -0.455. The van der Waals surface area contributed by atoms with Gasteiger partial charge in [-0.05, 0) is 38.0 Å². The maximum absolute atomic E-state index is 12.4. The Morgan fingerprint density at radius 2 is 2.04 bits per heavy atom. The van der Waals surface area contributed by atoms with E-state index in [4.69, 9.17) is 9.47 Å². The molecule has 124 valence electrons. The number of aromatic nitrogens is 2. The van der Waals surface area contributed by atoms with Gasteiger partial charge in [0.15, 0.2) is 0 Å². The summed E-state index contributed by atoms with van der Waals surface area (Å²) in [6.45, 7) is 2.35. The number of rotatable bonds is 7. The van der Waals surface area contributed by atoms with Gasteiger partial charge in [-0.1, -0.05) is 0 Å². The van der Waals surface area contributed by atoms with E-state index in [1.807, 2.05) is 0 Å². The van der Waals surface area contributed by atoms with Crippen LogP contribution in [0.1, 0.15) is 26.2 Å². The molecule has 0 aliphatic heterocycles. The zero-order valence-corrected chi connectivity index (χ0v) is 13.3. The highest BCUT2D eigenvalue weighted by Gasteiger charge is 2.09. The highest BCUT2D eigenvalue weighted by molar-refractivity contribution is 5.78. The number of H-pyrrole nitrogens is 1. The Morgan fingerprint density at radius 1 is 1.26 bits per heavy atom. The zero-order valence-electron chi connectivity index (χ0n) is 13.3. The molecule has 0 fully saturated rings. The SMILES string of the molecule is CCOC(=O)CCCCn1c(=O)[nH]c2ccc(OC)cc2c1=O. The number of carbonyl (C=O) groups excluding carboxylic acids is 1. The van der Waals surface area contributed by atoms with Gasteiger partial charge < -0.3 is 14.5 Å². The van der Waals surface area contributed by atoms with E-state index >= 15 is 0 Å². The first kappa shape index (κ1) is 16.8. The van der Waals surface area contributed by atoms with E-state index in [0.717, 1.165) is 4.57 Å². The van der Waals surface area contributed by atoms with Crippen molar-refractivity contribution in [3.8, 4) is 5.75 Å². The molecule has 0 aliphatic rings. The van der Waals surface area contributed by atoms with Gasteiger partial charge in [0, 0.05) is 13.0 Å². The molecule has 1 aromatic carbocycles. The highest BCUT2D eigenvalue weighted by Crippen LogP contribution is 2.15. The molecule has 0 saturated heterocycles. The number of unbranched alkanes of at least 4 members (excludes halogenated alkanes) is 1. The summed E-state index contributed by atoms with van der Waals surface area (Å²) in [5.41, 5.74) is -0.342. The van der Waals surface area contributed by atoms with Crippen LogP contribution < -0.4 is 16.0 Å². The predicted octanol–water partition coefficient (Wildman–Crippen LogP) is 1.43. The van der Waals surface area contributed by atoms with Gasteiger partial charge in [0.1, 0.15) is 5.75 Å². The number of nitrogens with zero attached hydrogens (tertiary/aromatic N) is 1. The molecule has 7 heteroatoms. The molecule has 0 spiro atoms. The van der Waals surface area contributed by atoms with Crippen LogP contribution in [0, 0.1) is 0 Å². The van der Waals surface area contributed by atoms with Crippen LogP contribution in [-0.2, 0) is 16.1 Å². The molecule has 0 atom stereocenters. The van der Waals surface area contributed by atoms with Gasteiger partial charge in [0.05, 0.1) is 24.6 Å². The number of carbonyl (C=O) groups is 1. The first-order chi connectivity index (χ1) is 11.1. The summed E-state index contributed by atoms with van der Waals surface area (Å²) in [5.74, 6) is 0.285. The van der Waals surface area contributed by atoms with Crippen molar-refractivity contribution in [3.05, 3.63) is 39.0 Å². The van der Waals surface area contributed by atoms with Crippen LogP contribution in [0.3, 0.4) is 0 Å². The van der Waals surface area contributed by atoms with E-state index in [-0.39, 0.29) is 24.5 Å². The summed E-state index contributed by atoms with van der Waals surface area (Å²) in [6.07, 6.45) is 1.38. The molecular formula is C16H20N2O5. The van der Waals surface area contributed by atoms with Crippen LogP contribution >= 0.6 is 0 Å². The molecule has 0 aliphatic carbocycles. The molecule has 2 aromatic rings. The number of hydrogen-bond donors (Lipinski definition) is 1. The Labute approximate surface area is 132 Å². The molecule has 1 N–H and O–H groups in total. The molecule has 1 aromatic heterocycles. The summed E-state index contributed by atoms with van der Waals surface area (Å²) >= 11 is 0. The second-order valence-electron chi connectivity index (χ2n) is 5.06. The fourth-order valence-corrected chi connectivity index (χ4v) is 2.33. The van der Waals surface area contributed by atoms with Gasteiger partial charge in [0.2, 0.25) is 0 Å². The summed E-state index contributed by atoms with van der Waals surface area (Å²) < 4.78 is 11.1. The fraction of sp³-hybridized carbons (Fsp3) is 0.438. The van der Waals surface area contributed by atoms with Crippen LogP contribution in [0.25, 0.3) is 10.9 Å². The van der Waals surface area contributed by atoms with Gasteiger partial charge >= 0.3 is 11.7 Å². The second-order valence-corrected chi connectivity index (χ2v) is 5.06. The number of benzene rings is 1. The summed E-state index contributed by atoms with van der Waals surface area (Å²) in [5, 5.41) is 0.398. The largest absolute Gasteiger partial charge is 0.497 e. The number of methoxy groups -OCH3 is 1. The molecule has 0 amide bonds. The van der Waals surface area contributed by atoms with Crippen molar-refractivity contribution >= 4 is 16.9 Å². The van der Waals surface area contributed by atoms with Gasteiger partial charge in [-0.25, -0.2) is 4.79 Å². The van der Waals surface area contributed by atoms with Crippen LogP contribution in [-0.4, -0.2) is 29.2 Å². The van der Waals surface area contributed by atoms with Crippen molar-refractivity contribution in [3.63, 3.8) is 0 Å². The monoisotopic (exact) mass is 320 g/mol. The minimum absolute atomic E-state index is 0.251. The lowest BCUT2D eigenvalue weighted by Crippen LogP contribution is -2.35. The molecule has 0 bridgehead atoms. The predicted molar refractivity (Wildman–Crippen MR) is 85.9 cm³/mol. The number of aromatic amines is 1. The third-order valence-corrected chi connectivity index (χ3v) is 3.51. The average molecular weight is 320 g/mol. The fourth-order valence-electron chi connectivity index (χ4n) is 2.33. The zero-order chi connectivity index (χ0) is 16.8. The highest BCUT2D eigenvalue weighted by atomic mass is 16.5. The standard InChI is InChI=1S/C16H20N2O5/c1-3-23-14(19)6-4-5-9-18-15(20)12-10-11(22-2)7-8-13(12)17-16(18)21/h7-8,10H,3-6,9H2,1-2H3,(H,17,21). The third-order valence-electron chi connectivity index (χ3n) is 3.51. The first-order valence-corrected chi connectivity index (χ1v) is 7.53. The van der Waals surface area contributed by atoms with E-state index in [1.54, 1.807) is 25.1 Å². The maximum Gasteiger partial charge on any atom is 0.328 e. The van der Waals surface area contributed by atoms with Crippen LogP contribution in [0.2, 0.25) is 0 Å². The minimum Gasteiger partial charge on any atom is -0.497 e. The van der Waals surface area contributed by atoms with Crippen LogP contribution in [0.4, 0.5) is 0 Å². The van der Waals surface area contributed by atoms with Crippen molar-refractivity contribution in [1.29, 1.82) is 0 Å². The number of hydrogen-bond acceptors (Lipinski definition) is 5. The van der Waals surface area contributed by atoms with E-state index < -0.39 is 5.69 Å². The normalized spacial score (nSPS) is 10.7. The van der Waals surface area contributed by atoms with Gasteiger partial charge in [-0.15, -0.1) is 0 Å². The Bertz CT molecular complexity index is 806. The van der Waals surface area contributed by atoms with Crippen molar-refractivity contribution < 1.29 is 14.3 Å². The molecule has 0 saturated carbocycles. The molecule has 2 rings (SSSR count). The summed E-state index contributed by atoms with van der Waals surface area (Å²) in [4.78, 5) is 38.4. The number of ether oxygens (including phenoxy) is 2. The van der Waals surface area contributed by atoms with Gasteiger partial charge in [0.25, 0.3) is 5.56 Å². The molecule has 1 heterocycles. The quantitative estimate of drug-likeness (QED) is 0.615. The molecule has 7 nitrogen and oxygen atoms in total. The Kier molecular flexibility index (Phi) is 5.56. The number of esters is 1. The molecule has 0 radical (unpaired) electrons. The molecule has 23 heavy (non-hydrogen) atoms. The lowest BCUT2D eigenvalue weighted by Gasteiger charge is -2.07. The topological polar surface area (TPSA) is 90.4 Å². The van der Waals surface area contributed by atoms with E-state index in [2.05, 4.69) is 4.98 Å². The number of fused-ring (bicyclic) bond motifs is 1. The van der Waals surface area contributed by atoms with Crippen molar-refractivity contribution in [2.75, 3.05) is 13.7 Å². The van der Waals surface area contributed by atoms with Crippen molar-refractivity contribution in [2.24, 2.45) is 0 Å². The summed E-state index contributed by atoms with van der Waals surface area (Å²) in [7, 11) is 1.51. The lowest BCUT2D eigenvalue weighted by molar-refractivity contribution is -0.143. The third kappa shape index (κ3) is 4.00. The molecule has 0 unspecified atom stereocenters. The van der Waals surface area contributed by atoms with E-state index in [0.29, 0.717) is 36.1 Å². The Balaban J connectivity index is 2.15. The van der Waals surface area contributed by atoms with Crippen LogP contribution in [0.5, 0.6) is 5.75 Å². The maximum atomic E-state index is 12.4. The van der Waals surface area contributed by atoms with E-state index in [1.165, 1.54) is 7.11 Å². The van der Waals surface area contributed by atoms with Crippen LogP contribution in [0.15, 0.2) is 27.8 Å². The average Bonchev–Trinajstić information content (AvgIpc) is 2.54. The van der Waals surface area contributed by atoms with E-state index in [9.17, 15) is 14.4 Å². The van der Waals surface area contributed by atoms with Gasteiger partial charge in [-0.3, -0.25) is 14.2 Å². The lowest BCUT2D eigenvalue weighted by atomic mass is 10.2. The smallest absolute Gasteiger partial charge is 0.328 e. The van der Waals surface area contributed by atoms with Gasteiger partial charge in [-0.2, -0.15) is 0 Å². The second kappa shape index (κ2) is 7.62. The Hall–Kier alpha value is -2.57. The van der Waals surface area contributed by atoms with Crippen molar-refractivity contribution in [2.45, 2.75) is 32.7 Å². The Morgan fingerprint density at radius 3 is 2.74 bits per heavy atom. The van der Waals surface area contributed by atoms with Crippen molar-refractivity contribution in [1.82, 2.24) is 9.55 Å².